The summed E-state index contributed by atoms with van der Waals surface area (Å²) in [7, 11) is 1.50. The van der Waals surface area contributed by atoms with E-state index in [1.165, 1.54) is 43.5 Å². The van der Waals surface area contributed by atoms with Crippen molar-refractivity contribution in [1.29, 1.82) is 5.26 Å². The maximum Gasteiger partial charge on any atom is 0.417 e. The Hall–Kier alpha value is -5.50. The highest BCUT2D eigenvalue weighted by Gasteiger charge is 2.36. The van der Waals surface area contributed by atoms with E-state index in [0.29, 0.717) is 39.3 Å². The highest BCUT2D eigenvalue weighted by Crippen LogP contribution is 2.35. The average molecular weight is 573 g/mol. The number of ether oxygens (including phenoxy) is 2. The van der Waals surface area contributed by atoms with Crippen LogP contribution in [-0.4, -0.2) is 22.6 Å². The van der Waals surface area contributed by atoms with Gasteiger partial charge in [-0.2, -0.15) is 18.4 Å². The van der Waals surface area contributed by atoms with Crippen molar-refractivity contribution in [2.24, 2.45) is 0 Å². The lowest BCUT2D eigenvalue weighted by atomic mass is 10.0. The smallest absolute Gasteiger partial charge is 0.417 e. The Balaban J connectivity index is 1.54. The maximum absolute atomic E-state index is 13.9. The highest BCUT2D eigenvalue weighted by molar-refractivity contribution is 5.93. The number of aromatic nitrogens is 2. The fourth-order valence-electron chi connectivity index (χ4n) is 4.63. The van der Waals surface area contributed by atoms with Gasteiger partial charge in [-0.15, -0.1) is 0 Å². The first-order valence-corrected chi connectivity index (χ1v) is 12.5. The molecule has 2 aromatic heterocycles. The molecule has 0 radical (unpaired) electrons. The number of rotatable bonds is 7. The second kappa shape index (κ2) is 10.8. The van der Waals surface area contributed by atoms with Gasteiger partial charge in [0.05, 0.1) is 36.6 Å². The third-order valence-electron chi connectivity index (χ3n) is 6.79. The lowest BCUT2D eigenvalue weighted by Crippen LogP contribution is -2.29. The zero-order chi connectivity index (χ0) is 30.2. The van der Waals surface area contributed by atoms with E-state index < -0.39 is 28.8 Å². The second-order valence-corrected chi connectivity index (χ2v) is 9.46. The number of carboxylic acid groups (broad SMARTS) is 1. The van der Waals surface area contributed by atoms with Gasteiger partial charge in [0.25, 0.3) is 5.56 Å². The fourth-order valence-corrected chi connectivity index (χ4v) is 4.63. The molecule has 5 rings (SSSR count). The zero-order valence-electron chi connectivity index (χ0n) is 22.2. The first kappa shape index (κ1) is 28.0. The fraction of sp³-hybridized carbons (Fsp3) is 0.129. The van der Waals surface area contributed by atoms with Crippen molar-refractivity contribution in [3.8, 4) is 34.6 Å². The van der Waals surface area contributed by atoms with Gasteiger partial charge in [0.15, 0.2) is 0 Å². The lowest BCUT2D eigenvalue weighted by Gasteiger charge is -2.19. The molecule has 0 saturated heterocycles. The molecule has 0 aliphatic rings. The van der Waals surface area contributed by atoms with Gasteiger partial charge in [0.1, 0.15) is 28.9 Å². The Morgan fingerprint density at radius 3 is 2.31 bits per heavy atom. The van der Waals surface area contributed by atoms with E-state index in [2.05, 4.69) is 4.98 Å². The summed E-state index contributed by atoms with van der Waals surface area (Å²) in [6.07, 6.45) is -4.93. The number of alkyl halides is 3. The van der Waals surface area contributed by atoms with Crippen molar-refractivity contribution in [2.45, 2.75) is 19.6 Å². The van der Waals surface area contributed by atoms with E-state index in [1.807, 2.05) is 0 Å². The number of halogens is 3. The molecule has 11 heteroatoms. The van der Waals surface area contributed by atoms with Gasteiger partial charge in [-0.25, -0.2) is 0 Å². The zero-order valence-corrected chi connectivity index (χ0v) is 22.2. The van der Waals surface area contributed by atoms with Gasteiger partial charge in [-0.1, -0.05) is 6.07 Å². The number of aromatic carboxylic acids is 1. The van der Waals surface area contributed by atoms with Crippen molar-refractivity contribution in [3.63, 3.8) is 0 Å². The van der Waals surface area contributed by atoms with Crippen LogP contribution in [0.2, 0.25) is 0 Å². The van der Waals surface area contributed by atoms with Crippen molar-refractivity contribution >= 4 is 16.9 Å². The molecule has 8 nitrogen and oxygen atoms in total. The van der Waals surface area contributed by atoms with Crippen molar-refractivity contribution in [2.75, 3.05) is 7.11 Å². The maximum atomic E-state index is 13.9. The summed E-state index contributed by atoms with van der Waals surface area (Å²) in [5.41, 5.74) is -1.20. The number of aryl methyl sites for hydroxylation is 1. The van der Waals surface area contributed by atoms with Gasteiger partial charge in [0.2, 0.25) is 0 Å². The van der Waals surface area contributed by atoms with Gasteiger partial charge in [-0.05, 0) is 90.3 Å². The number of nitrogens with one attached hydrogen (secondary N) is 1. The average Bonchev–Trinajstić information content (AvgIpc) is 3.39. The van der Waals surface area contributed by atoms with E-state index in [4.69, 9.17) is 9.47 Å². The third kappa shape index (κ3) is 5.42. The van der Waals surface area contributed by atoms with Crippen LogP contribution in [-0.2, 0) is 12.7 Å². The van der Waals surface area contributed by atoms with E-state index in [1.54, 1.807) is 43.3 Å². The number of methoxy groups -OCH3 is 1. The molecule has 1 N–H and O–H groups in total. The molecule has 0 amide bonds. The Morgan fingerprint density at radius 2 is 1.69 bits per heavy atom. The van der Waals surface area contributed by atoms with Crippen molar-refractivity contribution < 1.29 is 32.5 Å². The van der Waals surface area contributed by atoms with E-state index >= 15 is 0 Å². The largest absolute Gasteiger partial charge is 0.543 e. The Morgan fingerprint density at radius 1 is 1.00 bits per heavy atom. The predicted molar refractivity (Wildman–Crippen MR) is 145 cm³/mol. The summed E-state index contributed by atoms with van der Waals surface area (Å²) >= 11 is 0. The molecule has 0 unspecified atom stereocenters. The molecule has 0 aliphatic heterocycles. The number of fused-ring (bicyclic) bond motifs is 1. The lowest BCUT2D eigenvalue weighted by molar-refractivity contribution is -0.255. The number of benzene rings is 3. The van der Waals surface area contributed by atoms with E-state index in [9.17, 15) is 33.1 Å². The van der Waals surface area contributed by atoms with Gasteiger partial charge in [0, 0.05) is 10.9 Å². The number of nitrogens with zero attached hydrogens (tertiary/aromatic N) is 2. The van der Waals surface area contributed by atoms with Gasteiger partial charge < -0.3 is 28.9 Å². The van der Waals surface area contributed by atoms with Crippen LogP contribution in [0.1, 0.15) is 32.7 Å². The van der Waals surface area contributed by atoms with Crippen molar-refractivity contribution in [1.82, 2.24) is 9.55 Å². The van der Waals surface area contributed by atoms with E-state index in [-0.39, 0.29) is 17.9 Å². The number of hydrogen-bond acceptors (Lipinski definition) is 6. The minimum Gasteiger partial charge on any atom is -0.543 e. The Kier molecular flexibility index (Phi) is 7.22. The number of nitriles is 1. The van der Waals surface area contributed by atoms with Gasteiger partial charge >= 0.3 is 6.18 Å². The molecule has 3 aromatic carbocycles. The molecule has 0 fully saturated rings. The monoisotopic (exact) mass is 572 g/mol. The number of carbonyl (C=O) groups excluding carboxylic acids is 1. The summed E-state index contributed by atoms with van der Waals surface area (Å²) in [4.78, 5) is 27.1. The molecule has 0 bridgehead atoms. The first-order chi connectivity index (χ1) is 20.0. The molecule has 212 valence electrons. The van der Waals surface area contributed by atoms with Crippen LogP contribution in [0.15, 0.2) is 77.6 Å². The Labute approximate surface area is 236 Å². The van der Waals surface area contributed by atoms with Crippen LogP contribution in [0.25, 0.3) is 22.2 Å². The minimum atomic E-state index is -4.93. The SMILES string of the molecule is COc1ccc(Cn2c(-c3ccc(Oc4ccc5[nH]c(C(=O)[O-])cc5c4)cc3)cc(C(F)(F)F)c(C#N)c2=O)c(C)c1. The predicted octanol–water partition coefficient (Wildman–Crippen LogP) is 5.41. The third-order valence-corrected chi connectivity index (χ3v) is 6.79. The topological polar surface area (TPSA) is 120 Å². The number of pyridine rings is 1. The molecular formula is C31H21F3N3O5-. The number of H-pyrrole nitrogens is 1. The normalized spacial score (nSPS) is 11.3. The molecule has 0 aliphatic carbocycles. The van der Waals surface area contributed by atoms with Crippen LogP contribution in [0, 0.1) is 18.3 Å². The molecule has 0 saturated carbocycles. The highest BCUT2D eigenvalue weighted by atomic mass is 19.4. The molecule has 0 atom stereocenters. The Bertz CT molecular complexity index is 1930. The number of aromatic amines is 1. The van der Waals surface area contributed by atoms with Crippen LogP contribution < -0.4 is 20.1 Å². The minimum absolute atomic E-state index is 0.0309. The van der Waals surface area contributed by atoms with Crippen LogP contribution in [0.5, 0.6) is 17.2 Å². The summed E-state index contributed by atoms with van der Waals surface area (Å²) in [5.74, 6) is -0.0250. The number of hydrogen-bond donors (Lipinski definition) is 1. The van der Waals surface area contributed by atoms with Crippen LogP contribution in [0.3, 0.4) is 0 Å². The number of carbonyl (C=O) groups is 1. The number of carboxylic acids is 1. The molecule has 0 spiro atoms. The second-order valence-electron chi connectivity index (χ2n) is 9.46. The summed E-state index contributed by atoms with van der Waals surface area (Å²) in [6, 6.07) is 19.7. The summed E-state index contributed by atoms with van der Waals surface area (Å²) < 4.78 is 54.0. The van der Waals surface area contributed by atoms with Crippen LogP contribution >= 0.6 is 0 Å². The molecule has 2 heterocycles. The van der Waals surface area contributed by atoms with Crippen molar-refractivity contribution in [3.05, 3.63) is 111 Å². The quantitative estimate of drug-likeness (QED) is 0.279. The molecule has 42 heavy (non-hydrogen) atoms. The molecule has 5 aromatic rings. The summed E-state index contributed by atoms with van der Waals surface area (Å²) in [5, 5.41) is 21.2. The standard InChI is InChI=1S/C31H22F3N3O5/c1-17-11-22(41-2)8-5-19(17)16-37-28(14-25(31(32,33)34)24(15-35)29(37)38)18-3-6-21(7-4-18)42-23-9-10-26-20(12-23)13-27(36-26)30(39)40/h3-14,36H,16H2,1-2H3,(H,39,40)/p-1. The van der Waals surface area contributed by atoms with E-state index in [0.717, 1.165) is 16.2 Å². The first-order valence-electron chi connectivity index (χ1n) is 12.5. The molecular weight excluding hydrogens is 551 g/mol. The summed E-state index contributed by atoms with van der Waals surface area (Å²) in [6.45, 7) is 1.70. The van der Waals surface area contributed by atoms with Crippen LogP contribution in [0.4, 0.5) is 13.2 Å². The van der Waals surface area contributed by atoms with Gasteiger partial charge in [-0.3, -0.25) is 4.79 Å².